The average Bonchev–Trinajstić information content (AvgIpc) is 3.22. The van der Waals surface area contributed by atoms with Gasteiger partial charge in [-0.25, -0.2) is 8.42 Å². The zero-order valence-electron chi connectivity index (χ0n) is 13.6. The van der Waals surface area contributed by atoms with E-state index in [4.69, 9.17) is 0 Å². The van der Waals surface area contributed by atoms with Crippen molar-refractivity contribution in [3.8, 4) is 0 Å². The Morgan fingerprint density at radius 2 is 1.83 bits per heavy atom. The van der Waals surface area contributed by atoms with Crippen LogP contribution < -0.4 is 10.9 Å². The first-order chi connectivity index (χ1) is 11.5. The monoisotopic (exact) mass is 353 g/mol. The van der Waals surface area contributed by atoms with Gasteiger partial charge in [-0.15, -0.1) is 0 Å². The first kappa shape index (κ1) is 17.2. The highest BCUT2D eigenvalue weighted by Crippen LogP contribution is 2.19. The molecule has 1 amide bonds. The van der Waals surface area contributed by atoms with Crippen LogP contribution in [0.1, 0.15) is 38.5 Å². The Bertz CT molecular complexity index is 760. The van der Waals surface area contributed by atoms with E-state index in [1.807, 2.05) is 0 Å². The van der Waals surface area contributed by atoms with Gasteiger partial charge in [-0.3, -0.25) is 9.59 Å². The standard InChI is InChI=1S/C16H23N3O4S/c20-15(17-13-6-1-2-7-13)12-18-9-5-8-14(16(18)21)24(22,23)19-10-3-4-11-19/h5,8-9,13H,1-4,6-7,10-12H2,(H,17,20). The summed E-state index contributed by atoms with van der Waals surface area (Å²) < 4.78 is 27.7. The summed E-state index contributed by atoms with van der Waals surface area (Å²) in [5, 5.41) is 2.91. The molecule has 0 atom stereocenters. The second-order valence-electron chi connectivity index (χ2n) is 6.47. The molecule has 7 nitrogen and oxygen atoms in total. The van der Waals surface area contributed by atoms with Crippen molar-refractivity contribution >= 4 is 15.9 Å². The van der Waals surface area contributed by atoms with Gasteiger partial charge in [0.1, 0.15) is 11.4 Å². The van der Waals surface area contributed by atoms with E-state index in [2.05, 4.69) is 5.32 Å². The number of nitrogens with zero attached hydrogens (tertiary/aromatic N) is 2. The molecule has 0 aromatic carbocycles. The maximum Gasteiger partial charge on any atom is 0.271 e. The molecule has 0 bridgehead atoms. The molecular weight excluding hydrogens is 330 g/mol. The summed E-state index contributed by atoms with van der Waals surface area (Å²) in [7, 11) is -3.78. The normalized spacial score (nSPS) is 19.7. The van der Waals surface area contributed by atoms with Crippen molar-refractivity contribution in [2.45, 2.75) is 56.0 Å². The fourth-order valence-electron chi connectivity index (χ4n) is 3.40. The lowest BCUT2D eigenvalue weighted by atomic mass is 10.2. The summed E-state index contributed by atoms with van der Waals surface area (Å²) >= 11 is 0. The van der Waals surface area contributed by atoms with Crippen molar-refractivity contribution in [2.24, 2.45) is 0 Å². The second kappa shape index (κ2) is 7.06. The summed E-state index contributed by atoms with van der Waals surface area (Å²) in [6.45, 7) is 0.733. The summed E-state index contributed by atoms with van der Waals surface area (Å²) in [6.07, 6.45) is 7.21. The molecule has 8 heteroatoms. The quantitative estimate of drug-likeness (QED) is 0.844. The summed E-state index contributed by atoms with van der Waals surface area (Å²) in [4.78, 5) is 24.4. The molecule has 3 rings (SSSR count). The number of hydrogen-bond donors (Lipinski definition) is 1. The first-order valence-corrected chi connectivity index (χ1v) is 9.91. The minimum atomic E-state index is -3.78. The van der Waals surface area contributed by atoms with Gasteiger partial charge in [0.05, 0.1) is 0 Å². The van der Waals surface area contributed by atoms with Gasteiger partial charge in [-0.1, -0.05) is 12.8 Å². The number of carbonyl (C=O) groups is 1. The number of aromatic nitrogens is 1. The van der Waals surface area contributed by atoms with E-state index in [1.165, 1.54) is 27.2 Å². The summed E-state index contributed by atoms with van der Waals surface area (Å²) in [5.41, 5.74) is -0.633. The molecule has 0 spiro atoms. The molecule has 0 radical (unpaired) electrons. The highest BCUT2D eigenvalue weighted by Gasteiger charge is 2.30. The smallest absolute Gasteiger partial charge is 0.271 e. The molecule has 2 aliphatic rings. The van der Waals surface area contributed by atoms with E-state index in [-0.39, 0.29) is 23.4 Å². The van der Waals surface area contributed by atoms with Crippen LogP contribution in [-0.2, 0) is 21.4 Å². The number of pyridine rings is 1. The Kier molecular flexibility index (Phi) is 5.05. The van der Waals surface area contributed by atoms with E-state index < -0.39 is 15.6 Å². The van der Waals surface area contributed by atoms with Crippen molar-refractivity contribution in [1.29, 1.82) is 0 Å². The molecule has 1 saturated heterocycles. The fraction of sp³-hybridized carbons (Fsp3) is 0.625. The highest BCUT2D eigenvalue weighted by atomic mass is 32.2. The Balaban J connectivity index is 1.78. The van der Waals surface area contributed by atoms with Crippen LogP contribution >= 0.6 is 0 Å². The number of sulfonamides is 1. The molecule has 2 fully saturated rings. The Morgan fingerprint density at radius 3 is 2.50 bits per heavy atom. The Hall–Kier alpha value is -1.67. The maximum atomic E-state index is 12.6. The minimum Gasteiger partial charge on any atom is -0.352 e. The van der Waals surface area contributed by atoms with Gasteiger partial charge in [0, 0.05) is 25.3 Å². The second-order valence-corrected chi connectivity index (χ2v) is 8.37. The third-order valence-corrected chi connectivity index (χ3v) is 6.61. The largest absolute Gasteiger partial charge is 0.352 e. The zero-order valence-corrected chi connectivity index (χ0v) is 14.4. The zero-order chi connectivity index (χ0) is 17.2. The Labute approximate surface area is 141 Å². The molecule has 2 heterocycles. The van der Waals surface area contributed by atoms with E-state index in [0.29, 0.717) is 13.1 Å². The van der Waals surface area contributed by atoms with Crippen LogP contribution in [-0.4, -0.2) is 42.3 Å². The molecule has 1 aromatic heterocycles. The first-order valence-electron chi connectivity index (χ1n) is 8.47. The molecule has 1 aliphatic heterocycles. The molecule has 132 valence electrons. The van der Waals surface area contributed by atoms with Gasteiger partial charge in [-0.2, -0.15) is 4.31 Å². The van der Waals surface area contributed by atoms with E-state index in [1.54, 1.807) is 0 Å². The van der Waals surface area contributed by atoms with Crippen LogP contribution in [0.2, 0.25) is 0 Å². The Morgan fingerprint density at radius 1 is 1.17 bits per heavy atom. The molecule has 1 aliphatic carbocycles. The topological polar surface area (TPSA) is 88.5 Å². The number of rotatable bonds is 5. The number of amides is 1. The van der Waals surface area contributed by atoms with Crippen LogP contribution in [0.15, 0.2) is 28.0 Å². The molecule has 24 heavy (non-hydrogen) atoms. The van der Waals surface area contributed by atoms with Gasteiger partial charge >= 0.3 is 0 Å². The predicted octanol–water partition coefficient (Wildman–Crippen LogP) is 0.692. The third-order valence-electron chi connectivity index (χ3n) is 4.70. The fourth-order valence-corrected chi connectivity index (χ4v) is 5.01. The lowest BCUT2D eigenvalue weighted by Crippen LogP contribution is -2.39. The van der Waals surface area contributed by atoms with Crippen LogP contribution in [0, 0.1) is 0 Å². The van der Waals surface area contributed by atoms with Crippen LogP contribution in [0.3, 0.4) is 0 Å². The van der Waals surface area contributed by atoms with Crippen LogP contribution in [0.4, 0.5) is 0 Å². The molecule has 1 N–H and O–H groups in total. The SMILES string of the molecule is O=C(Cn1cccc(S(=O)(=O)N2CCCC2)c1=O)NC1CCCC1. The molecular formula is C16H23N3O4S. The lowest BCUT2D eigenvalue weighted by Gasteiger charge is -2.16. The number of carbonyl (C=O) groups excluding carboxylic acids is 1. The van der Waals surface area contributed by atoms with Gasteiger partial charge in [0.15, 0.2) is 0 Å². The van der Waals surface area contributed by atoms with Gasteiger partial charge < -0.3 is 9.88 Å². The van der Waals surface area contributed by atoms with Crippen LogP contribution in [0.5, 0.6) is 0 Å². The molecule has 1 aromatic rings. The van der Waals surface area contributed by atoms with E-state index >= 15 is 0 Å². The highest BCUT2D eigenvalue weighted by molar-refractivity contribution is 7.89. The van der Waals surface area contributed by atoms with E-state index in [9.17, 15) is 18.0 Å². The summed E-state index contributed by atoms with van der Waals surface area (Å²) in [5.74, 6) is -0.250. The van der Waals surface area contributed by atoms with Crippen molar-refractivity contribution in [3.63, 3.8) is 0 Å². The van der Waals surface area contributed by atoms with Crippen molar-refractivity contribution in [2.75, 3.05) is 13.1 Å². The third kappa shape index (κ3) is 3.54. The maximum absolute atomic E-state index is 12.6. The van der Waals surface area contributed by atoms with E-state index in [0.717, 1.165) is 38.5 Å². The average molecular weight is 353 g/mol. The lowest BCUT2D eigenvalue weighted by molar-refractivity contribution is -0.122. The number of hydrogen-bond acceptors (Lipinski definition) is 4. The van der Waals surface area contributed by atoms with Crippen molar-refractivity contribution in [3.05, 3.63) is 28.7 Å². The molecule has 0 unspecified atom stereocenters. The predicted molar refractivity (Wildman–Crippen MR) is 89.1 cm³/mol. The summed E-state index contributed by atoms with van der Waals surface area (Å²) in [6, 6.07) is 3.00. The van der Waals surface area contributed by atoms with Gasteiger partial charge in [-0.05, 0) is 37.8 Å². The van der Waals surface area contributed by atoms with Crippen molar-refractivity contribution in [1.82, 2.24) is 14.2 Å². The van der Waals surface area contributed by atoms with Crippen LogP contribution in [0.25, 0.3) is 0 Å². The number of nitrogens with one attached hydrogen (secondary N) is 1. The van der Waals surface area contributed by atoms with Gasteiger partial charge in [0.25, 0.3) is 5.56 Å². The van der Waals surface area contributed by atoms with Gasteiger partial charge in [0.2, 0.25) is 15.9 Å². The molecule has 1 saturated carbocycles. The van der Waals surface area contributed by atoms with Crippen molar-refractivity contribution < 1.29 is 13.2 Å². The minimum absolute atomic E-state index is 0.154.